The van der Waals surface area contributed by atoms with E-state index in [2.05, 4.69) is 42.2 Å². The highest BCUT2D eigenvalue weighted by Crippen LogP contribution is 2.28. The van der Waals surface area contributed by atoms with Crippen molar-refractivity contribution in [3.8, 4) is 5.75 Å². The van der Waals surface area contributed by atoms with E-state index in [1.54, 1.807) is 0 Å². The van der Waals surface area contributed by atoms with E-state index in [9.17, 15) is 0 Å². The molecular weight excluding hydrogens is 210 g/mol. The van der Waals surface area contributed by atoms with Gasteiger partial charge in [0.25, 0.3) is 0 Å². The van der Waals surface area contributed by atoms with Gasteiger partial charge in [0.2, 0.25) is 0 Å². The molecule has 0 saturated heterocycles. The number of fused-ring (bicyclic) bond motifs is 3. The number of hydrogen-bond donors (Lipinski definition) is 1. The van der Waals surface area contributed by atoms with E-state index in [4.69, 9.17) is 4.74 Å². The van der Waals surface area contributed by atoms with Crippen molar-refractivity contribution in [3.63, 3.8) is 0 Å². The molecule has 1 heterocycles. The van der Waals surface area contributed by atoms with E-state index < -0.39 is 0 Å². The van der Waals surface area contributed by atoms with Crippen LogP contribution in [0.3, 0.4) is 0 Å². The van der Waals surface area contributed by atoms with Crippen molar-refractivity contribution >= 4 is 21.8 Å². The van der Waals surface area contributed by atoms with E-state index >= 15 is 0 Å². The summed E-state index contributed by atoms with van der Waals surface area (Å²) in [6, 6.07) is 14.6. The molecule has 0 radical (unpaired) electrons. The van der Waals surface area contributed by atoms with Crippen molar-refractivity contribution in [3.05, 3.63) is 42.5 Å². The molecule has 0 atom stereocenters. The summed E-state index contributed by atoms with van der Waals surface area (Å²) in [5, 5.41) is 2.48. The predicted octanol–water partition coefficient (Wildman–Crippen LogP) is 4.11. The summed E-state index contributed by atoms with van der Waals surface area (Å²) in [6.07, 6.45) is 1.03. The normalized spacial score (nSPS) is 11.1. The zero-order valence-electron chi connectivity index (χ0n) is 9.86. The number of ether oxygens (including phenoxy) is 1. The molecular formula is C15H15NO. The highest BCUT2D eigenvalue weighted by molar-refractivity contribution is 6.07. The highest BCUT2D eigenvalue weighted by atomic mass is 16.5. The maximum absolute atomic E-state index is 5.67. The van der Waals surface area contributed by atoms with E-state index in [-0.39, 0.29) is 0 Å². The molecule has 0 aliphatic heterocycles. The van der Waals surface area contributed by atoms with Crippen LogP contribution in [0.2, 0.25) is 0 Å². The number of nitrogens with one attached hydrogen (secondary N) is 1. The number of benzene rings is 2. The highest BCUT2D eigenvalue weighted by Gasteiger charge is 2.04. The molecule has 86 valence electrons. The van der Waals surface area contributed by atoms with Gasteiger partial charge in [-0.3, -0.25) is 0 Å². The molecule has 3 aromatic rings. The van der Waals surface area contributed by atoms with Crippen LogP contribution in [0.5, 0.6) is 5.75 Å². The molecule has 0 fully saturated rings. The third-order valence-corrected chi connectivity index (χ3v) is 2.95. The number of aromatic nitrogens is 1. The van der Waals surface area contributed by atoms with Gasteiger partial charge in [-0.2, -0.15) is 0 Å². The molecule has 0 aliphatic rings. The predicted molar refractivity (Wildman–Crippen MR) is 71.6 cm³/mol. The lowest BCUT2D eigenvalue weighted by atomic mass is 10.1. The Hall–Kier alpha value is -1.96. The Bertz CT molecular complexity index is 654. The lowest BCUT2D eigenvalue weighted by Crippen LogP contribution is -1.94. The fourth-order valence-corrected chi connectivity index (χ4v) is 2.14. The van der Waals surface area contributed by atoms with Crippen molar-refractivity contribution in [2.75, 3.05) is 6.61 Å². The molecule has 0 bridgehead atoms. The first-order valence-electron chi connectivity index (χ1n) is 6.02. The Balaban J connectivity index is 2.16. The SMILES string of the molecule is CCCOc1ccc2[nH]c3ccccc3c2c1. The largest absolute Gasteiger partial charge is 0.494 e. The van der Waals surface area contributed by atoms with E-state index in [0.29, 0.717) is 0 Å². The quantitative estimate of drug-likeness (QED) is 0.713. The molecule has 1 N–H and O–H groups in total. The van der Waals surface area contributed by atoms with Crippen LogP contribution in [-0.2, 0) is 0 Å². The first kappa shape index (κ1) is 10.2. The van der Waals surface area contributed by atoms with Crippen molar-refractivity contribution < 1.29 is 4.74 Å². The molecule has 3 rings (SSSR count). The molecule has 2 nitrogen and oxygen atoms in total. The number of hydrogen-bond acceptors (Lipinski definition) is 1. The van der Waals surface area contributed by atoms with Gasteiger partial charge < -0.3 is 9.72 Å². The molecule has 0 spiro atoms. The van der Waals surface area contributed by atoms with Crippen LogP contribution >= 0.6 is 0 Å². The number of H-pyrrole nitrogens is 1. The molecule has 2 aromatic carbocycles. The van der Waals surface area contributed by atoms with Gasteiger partial charge in [0.15, 0.2) is 0 Å². The van der Waals surface area contributed by atoms with Gasteiger partial charge in [0.1, 0.15) is 5.75 Å². The van der Waals surface area contributed by atoms with Crippen LogP contribution in [0, 0.1) is 0 Å². The monoisotopic (exact) mass is 225 g/mol. The maximum atomic E-state index is 5.67. The van der Waals surface area contributed by atoms with Crippen molar-refractivity contribution in [2.45, 2.75) is 13.3 Å². The van der Waals surface area contributed by atoms with Crippen LogP contribution in [0.15, 0.2) is 42.5 Å². The van der Waals surface area contributed by atoms with E-state index in [1.807, 2.05) is 12.1 Å². The summed E-state index contributed by atoms with van der Waals surface area (Å²) in [7, 11) is 0. The van der Waals surface area contributed by atoms with Gasteiger partial charge in [-0.25, -0.2) is 0 Å². The van der Waals surface area contributed by atoms with Gasteiger partial charge in [-0.15, -0.1) is 0 Å². The fourth-order valence-electron chi connectivity index (χ4n) is 2.14. The van der Waals surface area contributed by atoms with Crippen molar-refractivity contribution in [1.29, 1.82) is 0 Å². The zero-order chi connectivity index (χ0) is 11.7. The average Bonchev–Trinajstić information content (AvgIpc) is 2.74. The summed E-state index contributed by atoms with van der Waals surface area (Å²) >= 11 is 0. The molecule has 0 aliphatic carbocycles. The van der Waals surface area contributed by atoms with Gasteiger partial charge in [0, 0.05) is 21.8 Å². The lowest BCUT2D eigenvalue weighted by Gasteiger charge is -2.03. The Kier molecular flexibility index (Phi) is 2.48. The number of rotatable bonds is 3. The van der Waals surface area contributed by atoms with Crippen LogP contribution < -0.4 is 4.74 Å². The topological polar surface area (TPSA) is 25.0 Å². The molecule has 17 heavy (non-hydrogen) atoms. The van der Waals surface area contributed by atoms with E-state index in [1.165, 1.54) is 16.3 Å². The smallest absolute Gasteiger partial charge is 0.120 e. The van der Waals surface area contributed by atoms with Crippen LogP contribution in [-0.4, -0.2) is 11.6 Å². The number of para-hydroxylation sites is 1. The van der Waals surface area contributed by atoms with Crippen LogP contribution in [0.25, 0.3) is 21.8 Å². The Morgan fingerprint density at radius 3 is 2.71 bits per heavy atom. The fraction of sp³-hybridized carbons (Fsp3) is 0.200. The minimum absolute atomic E-state index is 0.772. The molecule has 0 amide bonds. The second-order valence-corrected chi connectivity index (χ2v) is 4.23. The second kappa shape index (κ2) is 4.13. The summed E-state index contributed by atoms with van der Waals surface area (Å²) in [4.78, 5) is 3.41. The van der Waals surface area contributed by atoms with Gasteiger partial charge in [-0.1, -0.05) is 25.1 Å². The minimum Gasteiger partial charge on any atom is -0.494 e. The first-order valence-corrected chi connectivity index (χ1v) is 6.02. The first-order chi connectivity index (χ1) is 8.38. The third kappa shape index (κ3) is 1.76. The van der Waals surface area contributed by atoms with Gasteiger partial charge >= 0.3 is 0 Å². The van der Waals surface area contributed by atoms with Gasteiger partial charge in [-0.05, 0) is 30.7 Å². The molecule has 1 aromatic heterocycles. The van der Waals surface area contributed by atoms with Gasteiger partial charge in [0.05, 0.1) is 6.61 Å². The molecule has 0 saturated carbocycles. The molecule has 0 unspecified atom stereocenters. The van der Waals surface area contributed by atoms with Crippen molar-refractivity contribution in [2.24, 2.45) is 0 Å². The van der Waals surface area contributed by atoms with Crippen LogP contribution in [0.4, 0.5) is 0 Å². The average molecular weight is 225 g/mol. The summed E-state index contributed by atoms with van der Waals surface area (Å²) in [6.45, 7) is 2.89. The lowest BCUT2D eigenvalue weighted by molar-refractivity contribution is 0.318. The third-order valence-electron chi connectivity index (χ3n) is 2.95. The Morgan fingerprint density at radius 1 is 1.00 bits per heavy atom. The summed E-state index contributed by atoms with van der Waals surface area (Å²) in [5.41, 5.74) is 2.34. The van der Waals surface area contributed by atoms with Crippen molar-refractivity contribution in [1.82, 2.24) is 4.98 Å². The Morgan fingerprint density at radius 2 is 1.82 bits per heavy atom. The standard InChI is InChI=1S/C15H15NO/c1-2-9-17-11-7-8-15-13(10-11)12-5-3-4-6-14(12)16-15/h3-8,10,16H,2,9H2,1H3. The number of aromatic amines is 1. The van der Waals surface area contributed by atoms with E-state index in [0.717, 1.165) is 24.3 Å². The minimum atomic E-state index is 0.772. The maximum Gasteiger partial charge on any atom is 0.120 e. The Labute approximate surface area is 100 Å². The van der Waals surface area contributed by atoms with Crippen LogP contribution in [0.1, 0.15) is 13.3 Å². The molecule has 2 heteroatoms. The summed E-state index contributed by atoms with van der Waals surface area (Å²) in [5.74, 6) is 0.948. The second-order valence-electron chi connectivity index (χ2n) is 4.23. The zero-order valence-corrected chi connectivity index (χ0v) is 9.86. The summed E-state index contributed by atoms with van der Waals surface area (Å²) < 4.78 is 5.67.